The number of nitrogens with zero attached hydrogens (tertiary/aromatic N) is 1. The predicted octanol–water partition coefficient (Wildman–Crippen LogP) is 2.80. The van der Waals surface area contributed by atoms with E-state index in [0.717, 1.165) is 31.5 Å². The van der Waals surface area contributed by atoms with Gasteiger partial charge < -0.3 is 15.9 Å². The highest BCUT2D eigenvalue weighted by Gasteiger charge is 2.48. The quantitative estimate of drug-likeness (QED) is 0.545. The van der Waals surface area contributed by atoms with Crippen LogP contribution in [0.4, 0.5) is 4.79 Å². The summed E-state index contributed by atoms with van der Waals surface area (Å²) in [6, 6.07) is 8.86. The van der Waals surface area contributed by atoms with E-state index in [1.54, 1.807) is 19.1 Å². The minimum absolute atomic E-state index is 0.107. The second-order valence-electron chi connectivity index (χ2n) is 8.30. The number of allylic oxidation sites excluding steroid dienone is 1. The van der Waals surface area contributed by atoms with E-state index in [2.05, 4.69) is 5.43 Å². The van der Waals surface area contributed by atoms with E-state index in [1.807, 2.05) is 35.3 Å². The molecular formula is C22H31N3O5. The Morgan fingerprint density at radius 3 is 2.23 bits per heavy atom. The summed E-state index contributed by atoms with van der Waals surface area (Å²) in [6.07, 6.45) is 7.70. The number of rotatable bonds is 5. The maximum absolute atomic E-state index is 11.7. The van der Waals surface area contributed by atoms with Crippen molar-refractivity contribution in [1.29, 1.82) is 0 Å². The molecule has 2 amide bonds. The standard InChI is InChI=1S/C16H18O4.C6H13N3O/c1-15(13(17)18)8-5-9-16(11-15,14(19)20)10-12-6-3-2-4-7-12;7-6(10)8-9-4-2-1-3-5-9/h2-7,9H,8,10-11H2,1H3,(H,17,18)(H,19,20);1-5H2,(H3,7,8,10). The van der Waals surface area contributed by atoms with Crippen molar-refractivity contribution in [2.75, 3.05) is 13.1 Å². The SMILES string of the molecule is CC1(C(=O)O)CC=CC(Cc2ccccc2)(C(=O)O)C1.NC(=O)NN1CCCCC1. The number of carbonyl (C=O) groups is 3. The zero-order valence-corrected chi connectivity index (χ0v) is 17.3. The first-order chi connectivity index (χ1) is 14.2. The van der Waals surface area contributed by atoms with Gasteiger partial charge in [-0.05, 0) is 44.6 Å². The van der Waals surface area contributed by atoms with E-state index in [1.165, 1.54) is 6.42 Å². The van der Waals surface area contributed by atoms with Crippen LogP contribution in [-0.4, -0.2) is 46.3 Å². The Kier molecular flexibility index (Phi) is 8.00. The van der Waals surface area contributed by atoms with Crippen LogP contribution >= 0.6 is 0 Å². The fourth-order valence-corrected chi connectivity index (χ4v) is 4.00. The lowest BCUT2D eigenvalue weighted by Crippen LogP contribution is -2.47. The average molecular weight is 418 g/mol. The van der Waals surface area contributed by atoms with Gasteiger partial charge in [-0.1, -0.05) is 48.9 Å². The number of primary amides is 1. The topological polar surface area (TPSA) is 133 Å². The van der Waals surface area contributed by atoms with Crippen LogP contribution in [0.25, 0.3) is 0 Å². The van der Waals surface area contributed by atoms with E-state index >= 15 is 0 Å². The highest BCUT2D eigenvalue weighted by molar-refractivity contribution is 5.81. The summed E-state index contributed by atoms with van der Waals surface area (Å²) in [5.41, 5.74) is 6.21. The lowest BCUT2D eigenvalue weighted by Gasteiger charge is -2.38. The number of nitrogens with one attached hydrogen (secondary N) is 1. The third-order valence-electron chi connectivity index (χ3n) is 5.64. The molecule has 0 aromatic heterocycles. The van der Waals surface area contributed by atoms with E-state index in [4.69, 9.17) is 5.73 Å². The zero-order chi connectivity index (χ0) is 22.2. The van der Waals surface area contributed by atoms with Crippen molar-refractivity contribution < 1.29 is 24.6 Å². The van der Waals surface area contributed by atoms with Gasteiger partial charge in [-0.3, -0.25) is 15.0 Å². The van der Waals surface area contributed by atoms with E-state index in [0.29, 0.717) is 12.8 Å². The van der Waals surface area contributed by atoms with Gasteiger partial charge in [0.15, 0.2) is 0 Å². The molecule has 0 spiro atoms. The molecule has 1 aromatic carbocycles. The summed E-state index contributed by atoms with van der Waals surface area (Å²) in [6.45, 7) is 3.48. The van der Waals surface area contributed by atoms with Crippen molar-refractivity contribution in [3.05, 3.63) is 48.0 Å². The predicted molar refractivity (Wildman–Crippen MR) is 112 cm³/mol. The Balaban J connectivity index is 0.000000269. The van der Waals surface area contributed by atoms with Crippen LogP contribution in [0, 0.1) is 10.8 Å². The summed E-state index contributed by atoms with van der Waals surface area (Å²) >= 11 is 0. The molecule has 1 aromatic rings. The molecule has 1 heterocycles. The molecule has 1 fully saturated rings. The monoisotopic (exact) mass is 417 g/mol. The Labute approximate surface area is 176 Å². The molecule has 3 rings (SSSR count). The van der Waals surface area contributed by atoms with Gasteiger partial charge in [0, 0.05) is 13.1 Å². The number of amides is 2. The molecule has 164 valence electrons. The van der Waals surface area contributed by atoms with E-state index in [-0.39, 0.29) is 6.42 Å². The van der Waals surface area contributed by atoms with E-state index in [9.17, 15) is 24.6 Å². The molecule has 2 atom stereocenters. The molecule has 30 heavy (non-hydrogen) atoms. The van der Waals surface area contributed by atoms with Gasteiger partial charge in [0.1, 0.15) is 0 Å². The molecule has 1 aliphatic carbocycles. The molecule has 1 saturated heterocycles. The first kappa shape index (κ1) is 23.4. The van der Waals surface area contributed by atoms with Crippen molar-refractivity contribution in [3.63, 3.8) is 0 Å². The summed E-state index contributed by atoms with van der Waals surface area (Å²) in [5, 5.41) is 20.8. The summed E-state index contributed by atoms with van der Waals surface area (Å²) in [4.78, 5) is 33.5. The molecule has 0 radical (unpaired) electrons. The lowest BCUT2D eigenvalue weighted by atomic mass is 9.64. The van der Waals surface area contributed by atoms with Gasteiger partial charge in [0.25, 0.3) is 0 Å². The summed E-state index contributed by atoms with van der Waals surface area (Å²) in [7, 11) is 0. The fourth-order valence-electron chi connectivity index (χ4n) is 4.00. The lowest BCUT2D eigenvalue weighted by molar-refractivity contribution is -0.155. The number of hydrogen-bond acceptors (Lipinski definition) is 4. The molecule has 2 unspecified atom stereocenters. The van der Waals surface area contributed by atoms with Gasteiger partial charge in [0.2, 0.25) is 0 Å². The second kappa shape index (κ2) is 10.2. The van der Waals surface area contributed by atoms with Crippen LogP contribution in [0.5, 0.6) is 0 Å². The average Bonchev–Trinajstić information content (AvgIpc) is 2.69. The Hall–Kier alpha value is -2.87. The second-order valence-corrected chi connectivity index (χ2v) is 8.30. The number of hydrogen-bond donors (Lipinski definition) is 4. The Bertz CT molecular complexity index is 776. The highest BCUT2D eigenvalue weighted by Crippen LogP contribution is 2.44. The number of carboxylic acid groups (broad SMARTS) is 2. The number of hydrazine groups is 1. The molecule has 2 aliphatic rings. The van der Waals surface area contributed by atoms with Crippen LogP contribution in [-0.2, 0) is 16.0 Å². The Morgan fingerprint density at radius 1 is 1.07 bits per heavy atom. The van der Waals surface area contributed by atoms with Crippen LogP contribution in [0.15, 0.2) is 42.5 Å². The fraction of sp³-hybridized carbons (Fsp3) is 0.500. The largest absolute Gasteiger partial charge is 0.481 e. The first-order valence-electron chi connectivity index (χ1n) is 10.2. The number of aliphatic carboxylic acids is 2. The molecular weight excluding hydrogens is 386 g/mol. The molecule has 8 nitrogen and oxygen atoms in total. The van der Waals surface area contributed by atoms with Crippen molar-refractivity contribution in [2.45, 2.75) is 45.4 Å². The minimum Gasteiger partial charge on any atom is -0.481 e. The van der Waals surface area contributed by atoms with Gasteiger partial charge in [-0.2, -0.15) is 0 Å². The number of nitrogens with two attached hydrogens (primary N) is 1. The van der Waals surface area contributed by atoms with E-state index < -0.39 is 28.8 Å². The number of piperidine rings is 1. The number of carbonyl (C=O) groups excluding carboxylic acids is 1. The highest BCUT2D eigenvalue weighted by atomic mass is 16.4. The number of benzene rings is 1. The van der Waals surface area contributed by atoms with Crippen LogP contribution in [0.2, 0.25) is 0 Å². The summed E-state index contributed by atoms with van der Waals surface area (Å²) < 4.78 is 0. The van der Waals surface area contributed by atoms with Gasteiger partial charge >= 0.3 is 18.0 Å². The molecule has 8 heteroatoms. The van der Waals surface area contributed by atoms with Crippen LogP contribution in [0.1, 0.15) is 44.6 Å². The van der Waals surface area contributed by atoms with Crippen molar-refractivity contribution in [3.8, 4) is 0 Å². The van der Waals surface area contributed by atoms with Crippen molar-refractivity contribution in [1.82, 2.24) is 10.4 Å². The van der Waals surface area contributed by atoms with Gasteiger partial charge in [-0.25, -0.2) is 9.80 Å². The van der Waals surface area contributed by atoms with Gasteiger partial charge in [-0.15, -0.1) is 0 Å². The van der Waals surface area contributed by atoms with Crippen molar-refractivity contribution >= 4 is 18.0 Å². The van der Waals surface area contributed by atoms with Gasteiger partial charge in [0.05, 0.1) is 10.8 Å². The van der Waals surface area contributed by atoms with Crippen LogP contribution in [0.3, 0.4) is 0 Å². The zero-order valence-electron chi connectivity index (χ0n) is 17.3. The maximum Gasteiger partial charge on any atom is 0.326 e. The maximum atomic E-state index is 11.7. The smallest absolute Gasteiger partial charge is 0.326 e. The van der Waals surface area contributed by atoms with Crippen molar-refractivity contribution in [2.24, 2.45) is 16.6 Å². The molecule has 5 N–H and O–H groups in total. The number of urea groups is 1. The minimum atomic E-state index is -1.15. The third kappa shape index (κ3) is 6.32. The molecule has 0 saturated carbocycles. The number of carboxylic acids is 2. The first-order valence-corrected chi connectivity index (χ1v) is 10.2. The molecule has 0 bridgehead atoms. The molecule has 1 aliphatic heterocycles. The third-order valence-corrected chi connectivity index (χ3v) is 5.64. The Morgan fingerprint density at radius 2 is 1.70 bits per heavy atom. The normalized spacial score (nSPS) is 26.2. The van der Waals surface area contributed by atoms with Crippen LogP contribution < -0.4 is 11.2 Å². The summed E-state index contributed by atoms with van der Waals surface area (Å²) in [5.74, 6) is -1.91.